The zero-order chi connectivity index (χ0) is 19.6. The molecule has 0 amide bonds. The highest BCUT2D eigenvalue weighted by Crippen LogP contribution is 2.19. The zero-order valence-electron chi connectivity index (χ0n) is 17.7. The van der Waals surface area contributed by atoms with Crippen molar-refractivity contribution in [3.8, 4) is 0 Å². The third kappa shape index (κ3) is 6.26. The molecule has 1 aromatic rings. The molecule has 1 saturated heterocycles. The summed E-state index contributed by atoms with van der Waals surface area (Å²) < 4.78 is 0. The van der Waals surface area contributed by atoms with Crippen LogP contribution in [0.2, 0.25) is 0 Å². The van der Waals surface area contributed by atoms with Crippen LogP contribution in [0.5, 0.6) is 0 Å². The number of nitrogens with one attached hydrogen (secondary N) is 2. The van der Waals surface area contributed by atoms with Gasteiger partial charge >= 0.3 is 0 Å². The lowest BCUT2D eigenvalue weighted by Gasteiger charge is -2.33. The third-order valence-corrected chi connectivity index (χ3v) is 5.61. The van der Waals surface area contributed by atoms with E-state index in [1.807, 2.05) is 0 Å². The standard InChI is InChI=1S/C23H37N5/c1-3-5-13-27-16-11-21(12-17-27)26-23(24-4-2)25-19-20-9-8-10-22(18-20)28-14-6-7-15-28/h6-10,18,21H,3-5,11-17,19H2,1-2H3,(H2,24,25,26). The molecule has 3 rings (SSSR count). The minimum absolute atomic E-state index is 0.526. The summed E-state index contributed by atoms with van der Waals surface area (Å²) in [5.74, 6) is 0.947. The minimum Gasteiger partial charge on any atom is -0.364 e. The first kappa shape index (κ1) is 20.7. The van der Waals surface area contributed by atoms with Crippen molar-refractivity contribution in [3.05, 3.63) is 42.0 Å². The second-order valence-electron chi connectivity index (χ2n) is 7.86. The fourth-order valence-electron chi connectivity index (χ4n) is 3.91. The molecule has 1 fully saturated rings. The number of benzene rings is 1. The molecule has 0 saturated carbocycles. The van der Waals surface area contributed by atoms with Gasteiger partial charge in [-0.05, 0) is 50.4 Å². The number of nitrogens with zero attached hydrogens (tertiary/aromatic N) is 3. The Balaban J connectivity index is 1.52. The van der Waals surface area contributed by atoms with E-state index < -0.39 is 0 Å². The van der Waals surface area contributed by atoms with Crippen molar-refractivity contribution in [2.75, 3.05) is 44.2 Å². The van der Waals surface area contributed by atoms with Crippen LogP contribution in [-0.2, 0) is 6.54 Å². The molecule has 0 aliphatic carbocycles. The van der Waals surface area contributed by atoms with Gasteiger partial charge in [0.05, 0.1) is 6.54 Å². The molecule has 28 heavy (non-hydrogen) atoms. The van der Waals surface area contributed by atoms with Crippen LogP contribution in [0.4, 0.5) is 5.69 Å². The van der Waals surface area contributed by atoms with E-state index in [1.165, 1.54) is 56.6 Å². The predicted octanol–water partition coefficient (Wildman–Crippen LogP) is 3.38. The molecule has 0 radical (unpaired) electrons. The van der Waals surface area contributed by atoms with Crippen molar-refractivity contribution in [1.29, 1.82) is 0 Å². The molecule has 154 valence electrons. The maximum Gasteiger partial charge on any atom is 0.191 e. The average Bonchev–Trinajstić information content (AvgIpc) is 3.27. The Hall–Kier alpha value is -2.01. The summed E-state index contributed by atoms with van der Waals surface area (Å²) in [6.45, 7) is 11.7. The van der Waals surface area contributed by atoms with Crippen LogP contribution >= 0.6 is 0 Å². The number of likely N-dealkylation sites (tertiary alicyclic amines) is 1. The number of unbranched alkanes of at least 4 members (excludes halogenated alkanes) is 1. The SMILES string of the molecule is CCCCN1CCC(NC(=NCc2cccc(N3CC=CC3)c2)NCC)CC1. The molecule has 1 aromatic carbocycles. The van der Waals surface area contributed by atoms with Gasteiger partial charge in [-0.3, -0.25) is 0 Å². The summed E-state index contributed by atoms with van der Waals surface area (Å²) in [6, 6.07) is 9.30. The van der Waals surface area contributed by atoms with E-state index in [1.54, 1.807) is 0 Å². The Morgan fingerprint density at radius 2 is 1.93 bits per heavy atom. The number of piperidine rings is 1. The number of rotatable bonds is 8. The van der Waals surface area contributed by atoms with E-state index in [-0.39, 0.29) is 0 Å². The lowest BCUT2D eigenvalue weighted by atomic mass is 10.0. The van der Waals surface area contributed by atoms with E-state index >= 15 is 0 Å². The van der Waals surface area contributed by atoms with Gasteiger partial charge in [-0.25, -0.2) is 4.99 Å². The number of guanidine groups is 1. The van der Waals surface area contributed by atoms with Crippen molar-refractivity contribution in [3.63, 3.8) is 0 Å². The summed E-state index contributed by atoms with van der Waals surface area (Å²) in [4.78, 5) is 9.84. The Kier molecular flexibility index (Phi) is 8.22. The van der Waals surface area contributed by atoms with Crippen molar-refractivity contribution < 1.29 is 0 Å². The monoisotopic (exact) mass is 383 g/mol. The summed E-state index contributed by atoms with van der Waals surface area (Å²) in [5, 5.41) is 7.09. The van der Waals surface area contributed by atoms with E-state index in [9.17, 15) is 0 Å². The van der Waals surface area contributed by atoms with Crippen LogP contribution in [0.15, 0.2) is 41.4 Å². The first-order chi connectivity index (χ1) is 13.8. The van der Waals surface area contributed by atoms with Gasteiger partial charge in [0, 0.05) is 44.5 Å². The molecule has 0 spiro atoms. The highest BCUT2D eigenvalue weighted by Gasteiger charge is 2.19. The highest BCUT2D eigenvalue weighted by atomic mass is 15.2. The molecule has 5 nitrogen and oxygen atoms in total. The topological polar surface area (TPSA) is 42.9 Å². The molecule has 0 bridgehead atoms. The summed E-state index contributed by atoms with van der Waals surface area (Å²) >= 11 is 0. The van der Waals surface area contributed by atoms with Gasteiger partial charge < -0.3 is 20.4 Å². The van der Waals surface area contributed by atoms with Crippen LogP contribution in [0, 0.1) is 0 Å². The van der Waals surface area contributed by atoms with Crippen LogP contribution in [-0.4, -0.2) is 56.2 Å². The van der Waals surface area contributed by atoms with Crippen LogP contribution < -0.4 is 15.5 Å². The molecule has 2 aliphatic heterocycles. The van der Waals surface area contributed by atoms with Crippen LogP contribution in [0.1, 0.15) is 45.1 Å². The fourth-order valence-corrected chi connectivity index (χ4v) is 3.91. The smallest absolute Gasteiger partial charge is 0.191 e. The van der Waals surface area contributed by atoms with E-state index in [0.717, 1.165) is 25.6 Å². The molecule has 0 aromatic heterocycles. The van der Waals surface area contributed by atoms with Gasteiger partial charge in [-0.2, -0.15) is 0 Å². The summed E-state index contributed by atoms with van der Waals surface area (Å²) in [6.07, 6.45) is 9.45. The van der Waals surface area contributed by atoms with Gasteiger partial charge in [-0.15, -0.1) is 0 Å². The molecule has 2 aliphatic rings. The van der Waals surface area contributed by atoms with E-state index in [0.29, 0.717) is 12.6 Å². The molecule has 0 unspecified atom stereocenters. The number of hydrogen-bond acceptors (Lipinski definition) is 3. The normalized spacial score (nSPS) is 18.6. The zero-order valence-corrected chi connectivity index (χ0v) is 17.7. The van der Waals surface area contributed by atoms with Crippen molar-refractivity contribution in [2.24, 2.45) is 4.99 Å². The molecule has 5 heteroatoms. The lowest BCUT2D eigenvalue weighted by Crippen LogP contribution is -2.48. The van der Waals surface area contributed by atoms with Gasteiger partial charge in [-0.1, -0.05) is 37.6 Å². The van der Waals surface area contributed by atoms with Crippen molar-refractivity contribution >= 4 is 11.6 Å². The molecular formula is C23H37N5. The molecule has 2 heterocycles. The van der Waals surface area contributed by atoms with E-state index in [2.05, 4.69) is 70.7 Å². The number of anilines is 1. The Bertz CT molecular complexity index is 638. The summed E-state index contributed by atoms with van der Waals surface area (Å²) in [7, 11) is 0. The second-order valence-corrected chi connectivity index (χ2v) is 7.86. The molecule has 0 atom stereocenters. The summed E-state index contributed by atoms with van der Waals surface area (Å²) in [5.41, 5.74) is 2.55. The highest BCUT2D eigenvalue weighted by molar-refractivity contribution is 5.80. The second kappa shape index (κ2) is 11.1. The maximum absolute atomic E-state index is 4.86. The van der Waals surface area contributed by atoms with Crippen LogP contribution in [0.25, 0.3) is 0 Å². The maximum atomic E-state index is 4.86. The first-order valence-electron chi connectivity index (χ1n) is 11.0. The van der Waals surface area contributed by atoms with Crippen molar-refractivity contribution in [1.82, 2.24) is 15.5 Å². The largest absolute Gasteiger partial charge is 0.364 e. The molecule has 2 N–H and O–H groups in total. The lowest BCUT2D eigenvalue weighted by molar-refractivity contribution is 0.203. The Morgan fingerprint density at radius 3 is 2.64 bits per heavy atom. The van der Waals surface area contributed by atoms with E-state index in [4.69, 9.17) is 4.99 Å². The first-order valence-corrected chi connectivity index (χ1v) is 11.0. The molecular weight excluding hydrogens is 346 g/mol. The quantitative estimate of drug-likeness (QED) is 0.410. The van der Waals surface area contributed by atoms with Gasteiger partial charge in [0.2, 0.25) is 0 Å². The van der Waals surface area contributed by atoms with Crippen molar-refractivity contribution in [2.45, 2.75) is 52.1 Å². The third-order valence-electron chi connectivity index (χ3n) is 5.61. The predicted molar refractivity (Wildman–Crippen MR) is 120 cm³/mol. The Morgan fingerprint density at radius 1 is 1.14 bits per heavy atom. The fraction of sp³-hybridized carbons (Fsp3) is 0.609. The Labute approximate surface area is 170 Å². The van der Waals surface area contributed by atoms with Gasteiger partial charge in [0.1, 0.15) is 0 Å². The van der Waals surface area contributed by atoms with Gasteiger partial charge in [0.25, 0.3) is 0 Å². The average molecular weight is 384 g/mol. The number of hydrogen-bond donors (Lipinski definition) is 2. The van der Waals surface area contributed by atoms with Crippen LogP contribution in [0.3, 0.4) is 0 Å². The number of aliphatic imine (C=N–C) groups is 1. The minimum atomic E-state index is 0.526. The van der Waals surface area contributed by atoms with Gasteiger partial charge in [0.15, 0.2) is 5.96 Å².